The molecular formula is C17H10IN3O4S. The predicted octanol–water partition coefficient (Wildman–Crippen LogP) is 2.98. The van der Waals surface area contributed by atoms with Crippen molar-refractivity contribution in [3.63, 3.8) is 0 Å². The monoisotopic (exact) mass is 479 g/mol. The minimum atomic E-state index is -0.495. The van der Waals surface area contributed by atoms with Crippen molar-refractivity contribution in [3.05, 3.63) is 70.5 Å². The molecule has 2 aromatic carbocycles. The van der Waals surface area contributed by atoms with Gasteiger partial charge in [0.15, 0.2) is 4.96 Å². The zero-order chi connectivity index (χ0) is 18.4. The van der Waals surface area contributed by atoms with Crippen LogP contribution in [0.15, 0.2) is 41.2 Å². The molecule has 0 bridgehead atoms. The van der Waals surface area contributed by atoms with Crippen LogP contribution in [0.25, 0.3) is 22.1 Å². The van der Waals surface area contributed by atoms with Gasteiger partial charge >= 0.3 is 5.69 Å². The summed E-state index contributed by atoms with van der Waals surface area (Å²) in [6.45, 7) is 0. The number of para-hydroxylation sites is 2. The van der Waals surface area contributed by atoms with Crippen molar-refractivity contribution in [3.8, 4) is 5.75 Å². The number of thiazole rings is 1. The molecule has 4 rings (SSSR count). The smallest absolute Gasteiger partial charge is 0.312 e. The van der Waals surface area contributed by atoms with E-state index in [2.05, 4.69) is 4.98 Å². The maximum Gasteiger partial charge on any atom is 0.312 e. The molecule has 0 fully saturated rings. The summed E-state index contributed by atoms with van der Waals surface area (Å²) in [5.41, 5.74) is 1.75. The number of nitro benzene ring substituents is 1. The number of nitrogens with zero attached hydrogens (tertiary/aromatic N) is 3. The number of aromatic nitrogens is 2. The molecule has 2 heterocycles. The quantitative estimate of drug-likeness (QED) is 0.256. The third kappa shape index (κ3) is 2.63. The average Bonchev–Trinajstić information content (AvgIpc) is 3.11. The van der Waals surface area contributed by atoms with E-state index in [4.69, 9.17) is 4.74 Å². The van der Waals surface area contributed by atoms with Crippen LogP contribution in [0.1, 0.15) is 5.56 Å². The Labute approximate surface area is 163 Å². The van der Waals surface area contributed by atoms with E-state index >= 15 is 0 Å². The molecule has 0 radical (unpaired) electrons. The van der Waals surface area contributed by atoms with Crippen LogP contribution in [0.5, 0.6) is 5.75 Å². The van der Waals surface area contributed by atoms with Crippen LogP contribution in [0.2, 0.25) is 0 Å². The summed E-state index contributed by atoms with van der Waals surface area (Å²) in [6.07, 6.45) is 1.64. The van der Waals surface area contributed by atoms with Crippen LogP contribution in [0, 0.1) is 13.7 Å². The van der Waals surface area contributed by atoms with Gasteiger partial charge in [0.25, 0.3) is 5.56 Å². The fourth-order valence-corrected chi connectivity index (χ4v) is 4.63. The van der Waals surface area contributed by atoms with Gasteiger partial charge in [0.2, 0.25) is 5.75 Å². The second-order valence-corrected chi connectivity index (χ2v) is 7.62. The van der Waals surface area contributed by atoms with Gasteiger partial charge in [-0.05, 0) is 52.4 Å². The van der Waals surface area contributed by atoms with E-state index in [9.17, 15) is 14.9 Å². The van der Waals surface area contributed by atoms with E-state index < -0.39 is 4.92 Å². The summed E-state index contributed by atoms with van der Waals surface area (Å²) >= 11 is 3.23. The van der Waals surface area contributed by atoms with Gasteiger partial charge in [-0.2, -0.15) is 0 Å². The maximum atomic E-state index is 12.8. The van der Waals surface area contributed by atoms with Gasteiger partial charge in [0, 0.05) is 6.07 Å². The Morgan fingerprint density at radius 2 is 2.12 bits per heavy atom. The van der Waals surface area contributed by atoms with Gasteiger partial charge in [-0.15, -0.1) is 0 Å². The largest absolute Gasteiger partial charge is 0.489 e. The zero-order valence-corrected chi connectivity index (χ0v) is 16.3. The average molecular weight is 479 g/mol. The Kier molecular flexibility index (Phi) is 4.11. The molecule has 0 aliphatic rings. The number of halogens is 1. The van der Waals surface area contributed by atoms with Crippen molar-refractivity contribution < 1.29 is 9.66 Å². The molecule has 4 aromatic rings. The number of methoxy groups -OCH3 is 1. The van der Waals surface area contributed by atoms with E-state index in [0.717, 1.165) is 11.0 Å². The van der Waals surface area contributed by atoms with E-state index in [0.29, 0.717) is 18.6 Å². The van der Waals surface area contributed by atoms with Crippen LogP contribution >= 0.6 is 33.9 Å². The maximum absolute atomic E-state index is 12.8. The molecule has 0 spiro atoms. The summed E-state index contributed by atoms with van der Waals surface area (Å²) in [5, 5.41) is 11.3. The number of hydrogen-bond donors (Lipinski definition) is 0. The molecule has 0 N–H and O–H groups in total. The van der Waals surface area contributed by atoms with Crippen LogP contribution in [-0.4, -0.2) is 21.4 Å². The Bertz CT molecular complexity index is 1300. The van der Waals surface area contributed by atoms with Gasteiger partial charge in [-0.3, -0.25) is 14.9 Å². The first-order valence-corrected chi connectivity index (χ1v) is 9.33. The van der Waals surface area contributed by atoms with E-state index in [1.54, 1.807) is 16.5 Å². The summed E-state index contributed by atoms with van der Waals surface area (Å²) in [6, 6.07) is 10.6. The minimum absolute atomic E-state index is 0.134. The third-order valence-corrected chi connectivity index (χ3v) is 5.66. The van der Waals surface area contributed by atoms with Gasteiger partial charge < -0.3 is 4.74 Å². The first-order chi connectivity index (χ1) is 12.5. The number of fused-ring (bicyclic) bond motifs is 3. The molecule has 0 saturated heterocycles. The fourth-order valence-electron chi connectivity index (χ4n) is 2.78. The molecule has 0 saturated carbocycles. The van der Waals surface area contributed by atoms with Crippen LogP contribution in [0.4, 0.5) is 5.69 Å². The Morgan fingerprint density at radius 1 is 1.35 bits per heavy atom. The van der Waals surface area contributed by atoms with Crippen LogP contribution < -0.4 is 14.8 Å². The van der Waals surface area contributed by atoms with Crippen molar-refractivity contribution in [2.24, 2.45) is 0 Å². The lowest BCUT2D eigenvalue weighted by Crippen LogP contribution is -2.22. The number of imidazole rings is 1. The first kappa shape index (κ1) is 16.9. The molecule has 130 valence electrons. The van der Waals surface area contributed by atoms with E-state index in [1.807, 2.05) is 46.9 Å². The highest BCUT2D eigenvalue weighted by atomic mass is 127. The molecule has 0 unspecified atom stereocenters. The summed E-state index contributed by atoms with van der Waals surface area (Å²) in [5.74, 6) is 0.210. The highest BCUT2D eigenvalue weighted by Crippen LogP contribution is 2.33. The molecular weight excluding hydrogens is 469 g/mol. The van der Waals surface area contributed by atoms with Crippen molar-refractivity contribution in [1.82, 2.24) is 9.38 Å². The lowest BCUT2D eigenvalue weighted by molar-refractivity contribution is -0.385. The van der Waals surface area contributed by atoms with Gasteiger partial charge in [-0.1, -0.05) is 23.5 Å². The predicted molar refractivity (Wildman–Crippen MR) is 108 cm³/mol. The minimum Gasteiger partial charge on any atom is -0.489 e. The Hall–Kier alpha value is -2.53. The second kappa shape index (κ2) is 6.32. The highest BCUT2D eigenvalue weighted by Gasteiger charge is 2.19. The number of benzene rings is 2. The number of rotatable bonds is 3. The standard InChI is InChI=1S/C17H10IN3O4S/c1-25-15-10(18)6-9(7-13(15)21(23)24)8-14-16(22)20-12-5-3-2-4-11(12)19-17(20)26-14/h2-8H,1H3/b14-8+. The topological polar surface area (TPSA) is 86.7 Å². The summed E-state index contributed by atoms with van der Waals surface area (Å²) in [4.78, 5) is 28.6. The van der Waals surface area contributed by atoms with Crippen molar-refractivity contribution in [1.29, 1.82) is 0 Å². The van der Waals surface area contributed by atoms with Gasteiger partial charge in [-0.25, -0.2) is 9.38 Å². The Balaban J connectivity index is 1.96. The number of hydrogen-bond acceptors (Lipinski definition) is 6. The van der Waals surface area contributed by atoms with Crippen molar-refractivity contribution in [2.45, 2.75) is 0 Å². The van der Waals surface area contributed by atoms with Crippen LogP contribution in [0.3, 0.4) is 0 Å². The molecule has 2 aromatic heterocycles. The molecule has 7 nitrogen and oxygen atoms in total. The summed E-state index contributed by atoms with van der Waals surface area (Å²) in [7, 11) is 1.39. The number of ether oxygens (including phenoxy) is 1. The third-order valence-electron chi connectivity index (χ3n) is 3.89. The molecule has 26 heavy (non-hydrogen) atoms. The van der Waals surface area contributed by atoms with Crippen molar-refractivity contribution >= 4 is 61.7 Å². The lowest BCUT2D eigenvalue weighted by atomic mass is 10.2. The number of nitro groups is 1. The van der Waals surface area contributed by atoms with Gasteiger partial charge in [0.1, 0.15) is 0 Å². The van der Waals surface area contributed by atoms with E-state index in [1.165, 1.54) is 24.5 Å². The SMILES string of the molecule is COc1c(I)cc(/C=c2/sc3nc4ccccc4n3c2=O)cc1[N+](=O)[O-]. The molecule has 0 amide bonds. The van der Waals surface area contributed by atoms with Crippen LogP contribution in [-0.2, 0) is 0 Å². The molecule has 0 aliphatic carbocycles. The van der Waals surface area contributed by atoms with E-state index in [-0.39, 0.29) is 17.0 Å². The lowest BCUT2D eigenvalue weighted by Gasteiger charge is -2.05. The first-order valence-electron chi connectivity index (χ1n) is 7.43. The summed E-state index contributed by atoms with van der Waals surface area (Å²) < 4.78 is 7.75. The fraction of sp³-hybridized carbons (Fsp3) is 0.0588. The molecule has 0 aliphatic heterocycles. The highest BCUT2D eigenvalue weighted by molar-refractivity contribution is 14.1. The second-order valence-electron chi connectivity index (χ2n) is 5.45. The zero-order valence-electron chi connectivity index (χ0n) is 13.3. The molecule has 9 heteroatoms. The molecule has 0 atom stereocenters. The van der Waals surface area contributed by atoms with Gasteiger partial charge in [0.05, 0.1) is 31.2 Å². The Morgan fingerprint density at radius 3 is 2.85 bits per heavy atom. The normalized spacial score (nSPS) is 12.2. The van der Waals surface area contributed by atoms with Crippen molar-refractivity contribution in [2.75, 3.05) is 7.11 Å².